The Balaban J connectivity index is 1.44. The number of thiazole rings is 1. The lowest BCUT2D eigenvalue weighted by molar-refractivity contribution is -0.115. The fraction of sp³-hybridized carbons (Fsp3) is 0.190. The average Bonchev–Trinajstić information content (AvgIpc) is 3.41. The maximum atomic E-state index is 12.7. The minimum atomic E-state index is -0.353. The van der Waals surface area contributed by atoms with Gasteiger partial charge in [-0.3, -0.25) is 9.78 Å². The molecule has 7 nitrogen and oxygen atoms in total. The van der Waals surface area contributed by atoms with Gasteiger partial charge in [-0.2, -0.15) is 0 Å². The van der Waals surface area contributed by atoms with Crippen molar-refractivity contribution in [2.45, 2.75) is 30.8 Å². The van der Waals surface area contributed by atoms with Gasteiger partial charge in [0.05, 0.1) is 10.9 Å². The first-order valence-electron chi connectivity index (χ1n) is 9.47. The molecule has 1 aromatic carbocycles. The minimum Gasteiger partial charge on any atom is -0.302 e. The number of aromatic nitrogens is 5. The second-order valence-corrected chi connectivity index (χ2v) is 8.61. The highest BCUT2D eigenvalue weighted by Gasteiger charge is 2.21. The first kappa shape index (κ1) is 20.2. The van der Waals surface area contributed by atoms with Gasteiger partial charge in [0.1, 0.15) is 0 Å². The van der Waals surface area contributed by atoms with Crippen molar-refractivity contribution in [2.24, 2.45) is 0 Å². The van der Waals surface area contributed by atoms with Gasteiger partial charge >= 0.3 is 0 Å². The van der Waals surface area contributed by atoms with Crippen molar-refractivity contribution in [1.82, 2.24) is 24.7 Å². The van der Waals surface area contributed by atoms with Gasteiger partial charge in [0.15, 0.2) is 16.1 Å². The maximum absolute atomic E-state index is 12.7. The number of nitrogens with zero attached hydrogens (tertiary/aromatic N) is 5. The summed E-state index contributed by atoms with van der Waals surface area (Å²) in [5.74, 6) is 0.646. The number of anilines is 1. The molecular weight excluding hydrogens is 416 g/mol. The highest BCUT2D eigenvalue weighted by atomic mass is 32.2. The second kappa shape index (κ2) is 9.19. The summed E-state index contributed by atoms with van der Waals surface area (Å²) in [6.45, 7) is 4.59. The maximum Gasteiger partial charge on any atom is 0.239 e. The number of hydrogen-bond acceptors (Lipinski definition) is 7. The van der Waals surface area contributed by atoms with Crippen LogP contribution in [0.3, 0.4) is 0 Å². The molecule has 3 aromatic heterocycles. The fourth-order valence-electron chi connectivity index (χ4n) is 2.87. The van der Waals surface area contributed by atoms with Crippen LogP contribution in [0.15, 0.2) is 65.4 Å². The van der Waals surface area contributed by atoms with Crippen LogP contribution in [0.1, 0.15) is 13.8 Å². The van der Waals surface area contributed by atoms with E-state index in [0.717, 1.165) is 22.6 Å². The zero-order valence-electron chi connectivity index (χ0n) is 16.5. The molecule has 0 bridgehead atoms. The normalized spacial score (nSPS) is 11.9. The van der Waals surface area contributed by atoms with E-state index in [-0.39, 0.29) is 11.2 Å². The van der Waals surface area contributed by atoms with Crippen LogP contribution in [0.4, 0.5) is 5.13 Å². The number of thioether (sulfide) groups is 1. The Morgan fingerprint density at radius 3 is 2.63 bits per heavy atom. The van der Waals surface area contributed by atoms with Gasteiger partial charge in [0.2, 0.25) is 5.91 Å². The molecule has 0 fully saturated rings. The van der Waals surface area contributed by atoms with Crippen molar-refractivity contribution >= 4 is 34.1 Å². The van der Waals surface area contributed by atoms with Gasteiger partial charge in [0, 0.05) is 35.4 Å². The van der Waals surface area contributed by atoms with Crippen LogP contribution in [-0.4, -0.2) is 35.9 Å². The van der Waals surface area contributed by atoms with Gasteiger partial charge in [-0.25, -0.2) is 4.98 Å². The van der Waals surface area contributed by atoms with E-state index >= 15 is 0 Å². The number of pyridine rings is 1. The molecule has 152 valence electrons. The third-order valence-corrected chi connectivity index (χ3v) is 6.27. The predicted octanol–water partition coefficient (Wildman–Crippen LogP) is 4.60. The van der Waals surface area contributed by atoms with Gasteiger partial charge in [0.25, 0.3) is 0 Å². The molecule has 9 heteroatoms. The number of hydrogen-bond donors (Lipinski definition) is 1. The number of amides is 1. The molecule has 0 spiro atoms. The molecule has 0 aliphatic rings. The Kier molecular flexibility index (Phi) is 6.20. The van der Waals surface area contributed by atoms with Crippen LogP contribution in [0.25, 0.3) is 22.6 Å². The zero-order chi connectivity index (χ0) is 20.9. The lowest BCUT2D eigenvalue weighted by Crippen LogP contribution is -2.22. The van der Waals surface area contributed by atoms with Crippen molar-refractivity contribution in [3.8, 4) is 22.6 Å². The molecule has 0 saturated heterocycles. The number of carbonyl (C=O) groups is 1. The fourth-order valence-corrected chi connectivity index (χ4v) is 4.50. The van der Waals surface area contributed by atoms with Gasteiger partial charge in [-0.1, -0.05) is 42.1 Å². The van der Waals surface area contributed by atoms with Gasteiger partial charge < -0.3 is 9.88 Å². The molecule has 0 aliphatic heterocycles. The molecule has 1 N–H and O–H groups in total. The summed E-state index contributed by atoms with van der Waals surface area (Å²) in [6, 6.07) is 13.7. The molecule has 0 unspecified atom stereocenters. The Morgan fingerprint density at radius 1 is 1.13 bits per heavy atom. The van der Waals surface area contributed by atoms with Crippen LogP contribution in [0.2, 0.25) is 0 Å². The smallest absolute Gasteiger partial charge is 0.239 e. The molecule has 4 rings (SSSR count). The third kappa shape index (κ3) is 4.42. The summed E-state index contributed by atoms with van der Waals surface area (Å²) in [7, 11) is 0. The summed E-state index contributed by atoms with van der Waals surface area (Å²) in [5, 5.41) is 14.4. The molecule has 1 amide bonds. The molecule has 0 radical (unpaired) electrons. The molecular formula is C21H20N6OS2. The van der Waals surface area contributed by atoms with Gasteiger partial charge in [-0.05, 0) is 26.0 Å². The number of rotatable bonds is 7. The lowest BCUT2D eigenvalue weighted by atomic mass is 10.2. The van der Waals surface area contributed by atoms with Crippen molar-refractivity contribution < 1.29 is 4.79 Å². The van der Waals surface area contributed by atoms with E-state index in [1.165, 1.54) is 23.1 Å². The van der Waals surface area contributed by atoms with E-state index in [4.69, 9.17) is 0 Å². The third-order valence-electron chi connectivity index (χ3n) is 4.43. The number of benzene rings is 1. The van der Waals surface area contributed by atoms with Crippen molar-refractivity contribution in [1.29, 1.82) is 0 Å². The topological polar surface area (TPSA) is 85.6 Å². The first-order valence-corrected chi connectivity index (χ1v) is 11.2. The second-order valence-electron chi connectivity index (χ2n) is 6.44. The highest BCUT2D eigenvalue weighted by molar-refractivity contribution is 8.00. The SMILES string of the molecule is CCn1c(S[C@@H](C)C(=O)Nc2nc(-c3ccccc3)cs2)nnc1-c1ccncc1. The monoisotopic (exact) mass is 436 g/mol. The summed E-state index contributed by atoms with van der Waals surface area (Å²) in [6.07, 6.45) is 3.45. The quantitative estimate of drug-likeness (QED) is 0.426. The molecule has 3 heterocycles. The van der Waals surface area contributed by atoms with E-state index in [0.29, 0.717) is 16.8 Å². The predicted molar refractivity (Wildman–Crippen MR) is 120 cm³/mol. The van der Waals surface area contributed by atoms with Crippen LogP contribution in [0, 0.1) is 0 Å². The van der Waals surface area contributed by atoms with E-state index in [9.17, 15) is 4.79 Å². The van der Waals surface area contributed by atoms with E-state index in [1.807, 2.05) is 66.3 Å². The van der Waals surface area contributed by atoms with Crippen LogP contribution >= 0.6 is 23.1 Å². The van der Waals surface area contributed by atoms with E-state index < -0.39 is 0 Å². The Labute approximate surface area is 182 Å². The van der Waals surface area contributed by atoms with Crippen LogP contribution in [0.5, 0.6) is 0 Å². The summed E-state index contributed by atoms with van der Waals surface area (Å²) in [5.41, 5.74) is 2.82. The van der Waals surface area contributed by atoms with E-state index in [2.05, 4.69) is 25.5 Å². The zero-order valence-corrected chi connectivity index (χ0v) is 18.2. The average molecular weight is 437 g/mol. The molecule has 0 aliphatic carbocycles. The standard InChI is InChI=1S/C21H20N6OS2/c1-3-27-18(16-9-11-22-12-10-16)25-26-21(27)30-14(2)19(28)24-20-23-17(13-29-20)15-7-5-4-6-8-15/h4-14H,3H2,1-2H3,(H,23,24,28)/t14-/m0/s1. The van der Waals surface area contributed by atoms with E-state index in [1.54, 1.807) is 12.4 Å². The summed E-state index contributed by atoms with van der Waals surface area (Å²) < 4.78 is 2.00. The number of carbonyl (C=O) groups excluding carboxylic acids is 1. The van der Waals surface area contributed by atoms with Crippen LogP contribution in [-0.2, 0) is 11.3 Å². The van der Waals surface area contributed by atoms with Crippen molar-refractivity contribution in [3.63, 3.8) is 0 Å². The Hall–Kier alpha value is -3.04. The Morgan fingerprint density at radius 2 is 1.90 bits per heavy atom. The summed E-state index contributed by atoms with van der Waals surface area (Å²) >= 11 is 2.79. The first-order chi connectivity index (χ1) is 14.7. The summed E-state index contributed by atoms with van der Waals surface area (Å²) in [4.78, 5) is 21.3. The molecule has 30 heavy (non-hydrogen) atoms. The lowest BCUT2D eigenvalue weighted by Gasteiger charge is -2.11. The Bertz CT molecular complexity index is 1130. The van der Waals surface area contributed by atoms with Gasteiger partial charge in [-0.15, -0.1) is 21.5 Å². The minimum absolute atomic E-state index is 0.120. The van der Waals surface area contributed by atoms with Crippen LogP contribution < -0.4 is 5.32 Å². The number of nitrogens with one attached hydrogen (secondary N) is 1. The molecule has 4 aromatic rings. The van der Waals surface area contributed by atoms with Crippen molar-refractivity contribution in [2.75, 3.05) is 5.32 Å². The largest absolute Gasteiger partial charge is 0.302 e. The highest BCUT2D eigenvalue weighted by Crippen LogP contribution is 2.28. The molecule has 1 atom stereocenters. The van der Waals surface area contributed by atoms with Crippen molar-refractivity contribution in [3.05, 3.63) is 60.2 Å². The molecule has 0 saturated carbocycles.